The Balaban J connectivity index is -0.0000000450. The van der Waals surface area contributed by atoms with E-state index < -0.39 is 21.1 Å². The van der Waals surface area contributed by atoms with E-state index >= 15 is 0 Å². The first kappa shape index (κ1) is 16.0. The molecule has 0 aromatic heterocycles. The fourth-order valence-corrected chi connectivity index (χ4v) is 0. The van der Waals surface area contributed by atoms with Gasteiger partial charge in [-0.05, 0) is 3.44 Å². The predicted octanol–water partition coefficient (Wildman–Crippen LogP) is -11.9. The van der Waals surface area contributed by atoms with Crippen molar-refractivity contribution < 1.29 is 107 Å². The van der Waals surface area contributed by atoms with Gasteiger partial charge in [0.2, 0.25) is 0 Å². The molecular formula is HI2KO3. The Morgan fingerprint density at radius 3 is 1.33 bits per heavy atom. The Morgan fingerprint density at radius 2 is 1.33 bits per heavy atom. The number of hydrogen-bond donors (Lipinski definition) is 1. The van der Waals surface area contributed by atoms with Crippen molar-refractivity contribution in [2.24, 2.45) is 0 Å². The molecule has 6 heteroatoms. The van der Waals surface area contributed by atoms with E-state index in [1.807, 2.05) is 0 Å². The summed E-state index contributed by atoms with van der Waals surface area (Å²) in [5, 5.41) is 0. The number of hydrogen-bond acceptors (Lipinski definition) is 3. The summed E-state index contributed by atoms with van der Waals surface area (Å²) in [5.41, 5.74) is 0. The molecule has 0 bridgehead atoms. The molecule has 0 aliphatic carbocycles. The monoisotopic (exact) mass is 342 g/mol. The van der Waals surface area contributed by atoms with Gasteiger partial charge < -0.3 is 30.8 Å². The minimum atomic E-state index is -3.76. The number of rotatable bonds is 0. The van der Waals surface area contributed by atoms with Gasteiger partial charge in [-0.15, -0.1) is 0 Å². The van der Waals surface area contributed by atoms with Crippen molar-refractivity contribution in [3.63, 3.8) is 0 Å². The van der Waals surface area contributed by atoms with E-state index in [1.165, 1.54) is 0 Å². The fraction of sp³-hybridized carbons (Fsp3) is 0. The van der Waals surface area contributed by atoms with Crippen LogP contribution in [0.4, 0.5) is 0 Å². The van der Waals surface area contributed by atoms with Crippen molar-refractivity contribution in [3.8, 4) is 0 Å². The topological polar surface area (TPSA) is 66.3 Å². The molecule has 0 spiro atoms. The first-order valence-corrected chi connectivity index (χ1v) is 3.20. The van der Waals surface area contributed by atoms with Crippen LogP contribution in [0.5, 0.6) is 0 Å². The van der Waals surface area contributed by atoms with Crippen LogP contribution in [-0.4, -0.2) is 3.44 Å². The molecule has 0 heterocycles. The largest absolute Gasteiger partial charge is 1.00 e. The third-order valence-electron chi connectivity index (χ3n) is 0. The van der Waals surface area contributed by atoms with Gasteiger partial charge >= 0.3 is 72.4 Å². The molecule has 0 saturated heterocycles. The molecule has 0 unspecified atom stereocenters. The zero-order valence-corrected chi connectivity index (χ0v) is 10.5. The van der Waals surface area contributed by atoms with Gasteiger partial charge in [-0.2, -0.15) is 0 Å². The Kier molecular flexibility index (Phi) is 29.0. The van der Waals surface area contributed by atoms with Crippen LogP contribution in [0.3, 0.4) is 0 Å². The molecule has 0 saturated carbocycles. The van der Waals surface area contributed by atoms with Crippen molar-refractivity contribution in [1.82, 2.24) is 0 Å². The maximum atomic E-state index is 8.68. The van der Waals surface area contributed by atoms with Crippen LogP contribution in [-0.2, 0) is 0 Å². The maximum Gasteiger partial charge on any atom is 1.00 e. The molecule has 34 valence electrons. The number of halogens is 2. The molecule has 0 amide bonds. The summed E-state index contributed by atoms with van der Waals surface area (Å²) in [4.78, 5) is 0. The summed E-state index contributed by atoms with van der Waals surface area (Å²) in [6.07, 6.45) is 0. The molecule has 3 nitrogen and oxygen atoms in total. The summed E-state index contributed by atoms with van der Waals surface area (Å²) < 4.78 is 24.5. The Bertz CT molecular complexity index is 13.5. The molecule has 1 N–H and O–H groups in total. The fourth-order valence-electron chi connectivity index (χ4n) is 0. The summed E-state index contributed by atoms with van der Waals surface area (Å²) in [6.45, 7) is 0. The summed E-state index contributed by atoms with van der Waals surface area (Å²) in [5.74, 6) is 0. The molecule has 0 fully saturated rings. The van der Waals surface area contributed by atoms with Crippen molar-refractivity contribution >= 4 is 0 Å². The summed E-state index contributed by atoms with van der Waals surface area (Å²) >= 11 is -3.76. The second-order valence-electron chi connectivity index (χ2n) is 0.201. The molecule has 0 aliphatic rings. The second-order valence-corrected chi connectivity index (χ2v) is 1.35. The third-order valence-corrected chi connectivity index (χ3v) is 0. The molecule has 0 aliphatic heterocycles. The van der Waals surface area contributed by atoms with E-state index in [0.29, 0.717) is 0 Å². The van der Waals surface area contributed by atoms with Crippen molar-refractivity contribution in [2.45, 2.75) is 0 Å². The normalized spacial score (nSPS) is 6.00. The molecular weight excluding hydrogens is 341 g/mol. The maximum absolute atomic E-state index is 8.68. The van der Waals surface area contributed by atoms with E-state index in [1.54, 1.807) is 0 Å². The van der Waals surface area contributed by atoms with Crippen molar-refractivity contribution in [1.29, 1.82) is 0 Å². The van der Waals surface area contributed by atoms with E-state index in [9.17, 15) is 0 Å². The van der Waals surface area contributed by atoms with Crippen LogP contribution in [0.15, 0.2) is 0 Å². The van der Waals surface area contributed by atoms with Gasteiger partial charge in [0.15, 0.2) is 0 Å². The SMILES string of the molecule is [I-].[K+].[O-][I+2]([O-])O. The van der Waals surface area contributed by atoms with Gasteiger partial charge in [-0.3, -0.25) is 0 Å². The average Bonchev–Trinajstić information content (AvgIpc) is 0.811. The molecule has 6 heavy (non-hydrogen) atoms. The molecule has 0 radical (unpaired) electrons. The van der Waals surface area contributed by atoms with Gasteiger partial charge in [-0.25, -0.2) is 0 Å². The minimum Gasteiger partial charge on any atom is -1.00 e. The quantitative estimate of drug-likeness (QED) is 0.351. The van der Waals surface area contributed by atoms with Crippen molar-refractivity contribution in [2.75, 3.05) is 0 Å². The van der Waals surface area contributed by atoms with Gasteiger partial charge in [-0.1, -0.05) is 0 Å². The summed E-state index contributed by atoms with van der Waals surface area (Å²) in [7, 11) is 0. The van der Waals surface area contributed by atoms with E-state index in [-0.39, 0.29) is 75.4 Å². The van der Waals surface area contributed by atoms with Gasteiger partial charge in [0.1, 0.15) is 0 Å². The van der Waals surface area contributed by atoms with Crippen molar-refractivity contribution in [3.05, 3.63) is 0 Å². The van der Waals surface area contributed by atoms with Crippen LogP contribution in [0.25, 0.3) is 0 Å². The van der Waals surface area contributed by atoms with Gasteiger partial charge in [0, 0.05) is 0 Å². The smallest absolute Gasteiger partial charge is 1.00 e. The van der Waals surface area contributed by atoms with E-state index in [4.69, 9.17) is 10.3 Å². The van der Waals surface area contributed by atoms with E-state index in [0.717, 1.165) is 0 Å². The molecule has 0 atom stereocenters. The van der Waals surface area contributed by atoms with Gasteiger partial charge in [0.25, 0.3) is 0 Å². The van der Waals surface area contributed by atoms with E-state index in [2.05, 4.69) is 0 Å². The second kappa shape index (κ2) is 10.9. The van der Waals surface area contributed by atoms with Crippen LogP contribution in [0.1, 0.15) is 0 Å². The standard InChI is InChI=1S/HIO3.HI.K/c2-1(3)4;;/h2H;1H;/q;;+1/p-1. The first-order chi connectivity index (χ1) is 1.73. The Labute approximate surface area is 104 Å². The van der Waals surface area contributed by atoms with Crippen LogP contribution in [0, 0.1) is 0 Å². The summed E-state index contributed by atoms with van der Waals surface area (Å²) in [6, 6.07) is 0. The molecule has 0 aromatic carbocycles. The van der Waals surface area contributed by atoms with Crippen LogP contribution >= 0.6 is 0 Å². The zero-order valence-electron chi connectivity index (χ0n) is 3.02. The molecule has 0 aromatic rings. The third kappa shape index (κ3) is 28.1. The average molecular weight is 342 g/mol. The minimum absolute atomic E-state index is 0. The molecule has 0 rings (SSSR count). The predicted molar refractivity (Wildman–Crippen MR) is 2.22 cm³/mol. The van der Waals surface area contributed by atoms with Gasteiger partial charge in [0.05, 0.1) is 0 Å². The Morgan fingerprint density at radius 1 is 1.33 bits per heavy atom. The van der Waals surface area contributed by atoms with Crippen LogP contribution in [0.2, 0.25) is 0 Å². The zero-order chi connectivity index (χ0) is 3.58. The first-order valence-electron chi connectivity index (χ1n) is 0.478. The Hall–Kier alpha value is 2.98. The van der Waals surface area contributed by atoms with Crippen LogP contribution < -0.4 is 103 Å².